The number of carbonyl (C=O) groups excluding carboxylic acids is 4. The third-order valence-electron chi connectivity index (χ3n) is 4.13. The van der Waals surface area contributed by atoms with Crippen molar-refractivity contribution in [3.63, 3.8) is 0 Å². The normalized spacial score (nSPS) is 14.5. The van der Waals surface area contributed by atoms with Gasteiger partial charge >= 0.3 is 11.9 Å². The summed E-state index contributed by atoms with van der Waals surface area (Å²) in [6.45, 7) is 1.85. The molecule has 0 aromatic heterocycles. The molecule has 0 aliphatic carbocycles. The zero-order chi connectivity index (χ0) is 19.1. The zero-order valence-electron chi connectivity index (χ0n) is 14.8. The van der Waals surface area contributed by atoms with Crippen LogP contribution in [0.15, 0.2) is 24.3 Å². The van der Waals surface area contributed by atoms with E-state index in [9.17, 15) is 19.2 Å². The largest absolute Gasteiger partial charge is 0.469 e. The lowest BCUT2D eigenvalue weighted by Crippen LogP contribution is -2.42. The Bertz CT molecular complexity index is 695. The standard InChI is InChI=1S/C18H22N2O6/c1-12(21)19-15-5-3-4-14(10-15)18(24)26-11-16(22)20-8-6-13(7-9-20)17(23)25-2/h3-5,10,13H,6-9,11H2,1-2H3,(H,19,21). The van der Waals surface area contributed by atoms with Crippen LogP contribution < -0.4 is 5.32 Å². The average Bonchev–Trinajstić information content (AvgIpc) is 2.65. The smallest absolute Gasteiger partial charge is 0.338 e. The molecular formula is C18H22N2O6. The summed E-state index contributed by atoms with van der Waals surface area (Å²) in [4.78, 5) is 48.4. The Kier molecular flexibility index (Phi) is 6.71. The van der Waals surface area contributed by atoms with Crippen LogP contribution in [-0.2, 0) is 23.9 Å². The first-order chi connectivity index (χ1) is 12.4. The second kappa shape index (κ2) is 8.98. The summed E-state index contributed by atoms with van der Waals surface area (Å²) in [6, 6.07) is 6.28. The Morgan fingerprint density at radius 3 is 2.50 bits per heavy atom. The van der Waals surface area contributed by atoms with E-state index < -0.39 is 5.97 Å². The maximum Gasteiger partial charge on any atom is 0.338 e. The van der Waals surface area contributed by atoms with Gasteiger partial charge in [0.05, 0.1) is 18.6 Å². The quantitative estimate of drug-likeness (QED) is 0.790. The van der Waals surface area contributed by atoms with Gasteiger partial charge in [-0.2, -0.15) is 0 Å². The highest BCUT2D eigenvalue weighted by Gasteiger charge is 2.28. The predicted octanol–water partition coefficient (Wildman–Crippen LogP) is 1.21. The number of anilines is 1. The minimum Gasteiger partial charge on any atom is -0.469 e. The Morgan fingerprint density at radius 2 is 1.88 bits per heavy atom. The van der Waals surface area contributed by atoms with Gasteiger partial charge in [-0.05, 0) is 31.0 Å². The number of hydrogen-bond donors (Lipinski definition) is 1. The van der Waals surface area contributed by atoms with Crippen LogP contribution in [0.5, 0.6) is 0 Å². The number of likely N-dealkylation sites (tertiary alicyclic amines) is 1. The molecule has 0 bridgehead atoms. The second-order valence-corrected chi connectivity index (χ2v) is 6.02. The molecule has 1 aliphatic rings. The van der Waals surface area contributed by atoms with Gasteiger partial charge in [-0.15, -0.1) is 0 Å². The fraction of sp³-hybridized carbons (Fsp3) is 0.444. The van der Waals surface area contributed by atoms with Crippen molar-refractivity contribution < 1.29 is 28.7 Å². The highest BCUT2D eigenvalue weighted by Crippen LogP contribution is 2.18. The van der Waals surface area contributed by atoms with E-state index in [1.54, 1.807) is 23.1 Å². The molecule has 1 N–H and O–H groups in total. The fourth-order valence-electron chi connectivity index (χ4n) is 2.76. The minimum absolute atomic E-state index is 0.192. The Balaban J connectivity index is 1.83. The van der Waals surface area contributed by atoms with Gasteiger partial charge in [-0.3, -0.25) is 14.4 Å². The first-order valence-electron chi connectivity index (χ1n) is 8.31. The molecular weight excluding hydrogens is 340 g/mol. The van der Waals surface area contributed by atoms with Crippen molar-refractivity contribution in [3.05, 3.63) is 29.8 Å². The average molecular weight is 362 g/mol. The van der Waals surface area contributed by atoms with Gasteiger partial charge in [0.1, 0.15) is 0 Å². The summed E-state index contributed by atoms with van der Waals surface area (Å²) in [5.74, 6) is -1.65. The van der Waals surface area contributed by atoms with E-state index in [-0.39, 0.29) is 35.9 Å². The topological polar surface area (TPSA) is 102 Å². The minimum atomic E-state index is -0.644. The number of ether oxygens (including phenoxy) is 2. The fourth-order valence-corrected chi connectivity index (χ4v) is 2.76. The van der Waals surface area contributed by atoms with Crippen LogP contribution in [0.2, 0.25) is 0 Å². The molecule has 140 valence electrons. The molecule has 0 spiro atoms. The van der Waals surface area contributed by atoms with Crippen LogP contribution in [0.25, 0.3) is 0 Å². The van der Waals surface area contributed by atoms with E-state index in [1.807, 2.05) is 0 Å². The number of hydrogen-bond acceptors (Lipinski definition) is 6. The van der Waals surface area contributed by atoms with E-state index in [2.05, 4.69) is 5.32 Å². The zero-order valence-corrected chi connectivity index (χ0v) is 14.8. The number of nitrogens with one attached hydrogen (secondary N) is 1. The maximum absolute atomic E-state index is 12.2. The molecule has 1 heterocycles. The van der Waals surface area contributed by atoms with Gasteiger partial charge in [-0.25, -0.2) is 4.79 Å². The lowest BCUT2D eigenvalue weighted by Gasteiger charge is -2.30. The highest BCUT2D eigenvalue weighted by molar-refractivity contribution is 5.94. The number of benzene rings is 1. The molecule has 1 aliphatic heterocycles. The molecule has 1 saturated heterocycles. The summed E-state index contributed by atoms with van der Waals surface area (Å²) < 4.78 is 9.77. The van der Waals surface area contributed by atoms with Crippen LogP contribution in [-0.4, -0.2) is 55.5 Å². The molecule has 2 rings (SSSR count). The number of carbonyl (C=O) groups is 4. The van der Waals surface area contributed by atoms with Crippen molar-refractivity contribution in [1.29, 1.82) is 0 Å². The number of amides is 2. The summed E-state index contributed by atoms with van der Waals surface area (Å²) in [6.07, 6.45) is 1.07. The first-order valence-corrected chi connectivity index (χ1v) is 8.31. The van der Waals surface area contributed by atoms with Crippen LogP contribution in [0, 0.1) is 5.92 Å². The van der Waals surface area contributed by atoms with Crippen molar-refractivity contribution >= 4 is 29.4 Å². The molecule has 8 nitrogen and oxygen atoms in total. The number of piperidine rings is 1. The SMILES string of the molecule is COC(=O)C1CCN(C(=O)COC(=O)c2cccc(NC(C)=O)c2)CC1. The lowest BCUT2D eigenvalue weighted by atomic mass is 9.97. The van der Waals surface area contributed by atoms with E-state index in [0.717, 1.165) is 0 Å². The number of nitrogens with zero attached hydrogens (tertiary/aromatic N) is 1. The van der Waals surface area contributed by atoms with E-state index >= 15 is 0 Å². The highest BCUT2D eigenvalue weighted by atomic mass is 16.5. The molecule has 1 fully saturated rings. The number of esters is 2. The second-order valence-electron chi connectivity index (χ2n) is 6.02. The van der Waals surface area contributed by atoms with E-state index in [0.29, 0.717) is 31.6 Å². The summed E-state index contributed by atoms with van der Waals surface area (Å²) in [5.41, 5.74) is 0.719. The van der Waals surface area contributed by atoms with Gasteiger partial charge in [-0.1, -0.05) is 6.07 Å². The van der Waals surface area contributed by atoms with Crippen molar-refractivity contribution in [2.75, 3.05) is 32.1 Å². The maximum atomic E-state index is 12.2. The van der Waals surface area contributed by atoms with Crippen molar-refractivity contribution in [1.82, 2.24) is 4.90 Å². The summed E-state index contributed by atoms with van der Waals surface area (Å²) in [5, 5.41) is 2.57. The van der Waals surface area contributed by atoms with Crippen LogP contribution in [0.4, 0.5) is 5.69 Å². The van der Waals surface area contributed by atoms with Gasteiger partial charge in [0, 0.05) is 25.7 Å². The van der Waals surface area contributed by atoms with E-state index in [1.165, 1.54) is 20.1 Å². The molecule has 1 aromatic rings. The van der Waals surface area contributed by atoms with Gasteiger partial charge in [0.25, 0.3) is 5.91 Å². The number of methoxy groups -OCH3 is 1. The molecule has 0 atom stereocenters. The van der Waals surface area contributed by atoms with Crippen LogP contribution in [0.3, 0.4) is 0 Å². The van der Waals surface area contributed by atoms with Crippen LogP contribution in [0.1, 0.15) is 30.1 Å². The molecule has 2 amide bonds. The van der Waals surface area contributed by atoms with E-state index in [4.69, 9.17) is 9.47 Å². The van der Waals surface area contributed by atoms with Crippen molar-refractivity contribution in [3.8, 4) is 0 Å². The molecule has 0 unspecified atom stereocenters. The third kappa shape index (κ3) is 5.30. The Hall–Kier alpha value is -2.90. The molecule has 26 heavy (non-hydrogen) atoms. The lowest BCUT2D eigenvalue weighted by molar-refractivity contribution is -0.149. The van der Waals surface area contributed by atoms with Gasteiger partial charge in [0.2, 0.25) is 5.91 Å². The number of rotatable bonds is 5. The summed E-state index contributed by atoms with van der Waals surface area (Å²) >= 11 is 0. The molecule has 8 heteroatoms. The van der Waals surface area contributed by atoms with Crippen molar-refractivity contribution in [2.24, 2.45) is 5.92 Å². The van der Waals surface area contributed by atoms with Crippen LogP contribution >= 0.6 is 0 Å². The monoisotopic (exact) mass is 362 g/mol. The van der Waals surface area contributed by atoms with Crippen molar-refractivity contribution in [2.45, 2.75) is 19.8 Å². The Morgan fingerprint density at radius 1 is 1.19 bits per heavy atom. The summed E-state index contributed by atoms with van der Waals surface area (Å²) in [7, 11) is 1.35. The van der Waals surface area contributed by atoms with Gasteiger partial charge < -0.3 is 19.7 Å². The molecule has 1 aromatic carbocycles. The molecule has 0 saturated carbocycles. The Labute approximate surface area is 151 Å². The first kappa shape index (κ1) is 19.4. The van der Waals surface area contributed by atoms with Gasteiger partial charge in [0.15, 0.2) is 6.61 Å². The predicted molar refractivity (Wildman–Crippen MR) is 92.3 cm³/mol. The molecule has 0 radical (unpaired) electrons. The third-order valence-corrected chi connectivity index (χ3v) is 4.13.